The molecule has 1 rings (SSSR count). The molecule has 0 fully saturated rings. The molecule has 0 saturated heterocycles. The van der Waals surface area contributed by atoms with Crippen LogP contribution in [0.25, 0.3) is 0 Å². The van der Waals surface area contributed by atoms with Gasteiger partial charge in [0.05, 0.1) is 7.11 Å². The van der Waals surface area contributed by atoms with E-state index in [0.717, 1.165) is 4.47 Å². The van der Waals surface area contributed by atoms with E-state index in [-0.39, 0.29) is 0 Å². The number of hydrogen-bond acceptors (Lipinski definition) is 3. The van der Waals surface area contributed by atoms with Crippen LogP contribution in [0.5, 0.6) is 5.75 Å². The minimum Gasteiger partial charge on any atom is -0.496 e. The Hall–Kier alpha value is -1.07. The molecular weight excluding hydrogens is 250 g/mol. The van der Waals surface area contributed by atoms with Gasteiger partial charge in [-0.1, -0.05) is 15.9 Å². The summed E-state index contributed by atoms with van der Waals surface area (Å²) >= 11 is 3.22. The van der Waals surface area contributed by atoms with Crippen molar-refractivity contribution in [2.75, 3.05) is 7.11 Å². The molecule has 0 saturated carbocycles. The van der Waals surface area contributed by atoms with Crippen LogP contribution in [0.2, 0.25) is 0 Å². The van der Waals surface area contributed by atoms with Crippen molar-refractivity contribution in [1.29, 1.82) is 0 Å². The molecule has 0 aromatic heterocycles. The first kappa shape index (κ1) is 11.0. The number of amides is 1. The number of nitrogens with two attached hydrogens (primary N) is 1. The Balaban J connectivity index is 3.16. The molecule has 5 heteroatoms. The average molecular weight is 260 g/mol. The largest absolute Gasteiger partial charge is 0.496 e. The number of halogens is 1. The predicted molar refractivity (Wildman–Crippen MR) is 54.8 cm³/mol. The summed E-state index contributed by atoms with van der Waals surface area (Å²) in [5, 5.41) is 9.46. The fraction of sp³-hybridized carbons (Fsp3) is 0.222. The molecule has 1 unspecified atom stereocenters. The summed E-state index contributed by atoms with van der Waals surface area (Å²) < 4.78 is 5.73. The minimum atomic E-state index is -1.34. The van der Waals surface area contributed by atoms with Crippen molar-refractivity contribution < 1.29 is 14.6 Å². The standard InChI is InChI=1S/C9H10BrNO3/c1-14-7-3-2-5(10)4-6(7)8(12)9(11)13/h2-4,8,12H,1H3,(H2,11,13). The predicted octanol–water partition coefficient (Wildman–Crippen LogP) is 0.976. The van der Waals surface area contributed by atoms with E-state index in [2.05, 4.69) is 15.9 Å². The van der Waals surface area contributed by atoms with E-state index in [4.69, 9.17) is 10.5 Å². The third-order valence-corrected chi connectivity index (χ3v) is 2.25. The van der Waals surface area contributed by atoms with Crippen LogP contribution in [-0.2, 0) is 4.79 Å². The molecule has 0 aliphatic rings. The molecule has 3 N–H and O–H groups in total. The first-order chi connectivity index (χ1) is 6.56. The highest BCUT2D eigenvalue weighted by molar-refractivity contribution is 9.10. The molecular formula is C9H10BrNO3. The van der Waals surface area contributed by atoms with Crippen LogP contribution >= 0.6 is 15.9 Å². The Morgan fingerprint density at radius 3 is 2.79 bits per heavy atom. The van der Waals surface area contributed by atoms with E-state index in [1.807, 2.05) is 0 Å². The lowest BCUT2D eigenvalue weighted by atomic mass is 10.1. The summed E-state index contributed by atoms with van der Waals surface area (Å²) in [6.07, 6.45) is -1.34. The van der Waals surface area contributed by atoms with Gasteiger partial charge in [0.1, 0.15) is 5.75 Å². The number of rotatable bonds is 3. The van der Waals surface area contributed by atoms with Gasteiger partial charge in [0, 0.05) is 10.0 Å². The van der Waals surface area contributed by atoms with E-state index in [0.29, 0.717) is 11.3 Å². The Morgan fingerprint density at radius 1 is 1.64 bits per heavy atom. The first-order valence-corrected chi connectivity index (χ1v) is 4.66. The highest BCUT2D eigenvalue weighted by Crippen LogP contribution is 2.28. The van der Waals surface area contributed by atoms with E-state index in [9.17, 15) is 9.90 Å². The van der Waals surface area contributed by atoms with Gasteiger partial charge < -0.3 is 15.6 Å². The summed E-state index contributed by atoms with van der Waals surface area (Å²) in [4.78, 5) is 10.8. The van der Waals surface area contributed by atoms with Crippen molar-refractivity contribution >= 4 is 21.8 Å². The SMILES string of the molecule is COc1ccc(Br)cc1C(O)C(N)=O. The van der Waals surface area contributed by atoms with E-state index < -0.39 is 12.0 Å². The highest BCUT2D eigenvalue weighted by atomic mass is 79.9. The molecule has 0 spiro atoms. The second-order valence-corrected chi connectivity index (χ2v) is 3.61. The van der Waals surface area contributed by atoms with Gasteiger partial charge in [-0.15, -0.1) is 0 Å². The highest BCUT2D eigenvalue weighted by Gasteiger charge is 2.18. The zero-order valence-corrected chi connectivity index (χ0v) is 9.11. The molecule has 1 aromatic carbocycles. The fourth-order valence-electron chi connectivity index (χ4n) is 1.07. The summed E-state index contributed by atoms with van der Waals surface area (Å²) in [6, 6.07) is 4.98. The van der Waals surface area contributed by atoms with Crippen LogP contribution in [-0.4, -0.2) is 18.1 Å². The summed E-state index contributed by atoms with van der Waals surface area (Å²) in [6.45, 7) is 0. The zero-order chi connectivity index (χ0) is 10.7. The van der Waals surface area contributed by atoms with Gasteiger partial charge in [0.15, 0.2) is 6.10 Å². The smallest absolute Gasteiger partial charge is 0.251 e. The topological polar surface area (TPSA) is 72.6 Å². The van der Waals surface area contributed by atoms with Gasteiger partial charge in [-0.25, -0.2) is 0 Å². The second-order valence-electron chi connectivity index (χ2n) is 2.69. The van der Waals surface area contributed by atoms with E-state index >= 15 is 0 Å². The number of ether oxygens (including phenoxy) is 1. The van der Waals surface area contributed by atoms with E-state index in [1.54, 1.807) is 18.2 Å². The number of primary amides is 1. The number of aliphatic hydroxyl groups excluding tert-OH is 1. The maximum Gasteiger partial charge on any atom is 0.251 e. The van der Waals surface area contributed by atoms with Crippen molar-refractivity contribution in [3.05, 3.63) is 28.2 Å². The summed E-state index contributed by atoms with van der Waals surface area (Å²) in [5.41, 5.74) is 5.34. The number of carbonyl (C=O) groups excluding carboxylic acids is 1. The van der Waals surface area contributed by atoms with Crippen LogP contribution in [0.1, 0.15) is 11.7 Å². The number of benzene rings is 1. The molecule has 4 nitrogen and oxygen atoms in total. The van der Waals surface area contributed by atoms with Crippen molar-refractivity contribution in [2.24, 2.45) is 5.73 Å². The van der Waals surface area contributed by atoms with Crippen molar-refractivity contribution in [3.8, 4) is 5.75 Å². The molecule has 1 amide bonds. The molecule has 0 bridgehead atoms. The minimum absolute atomic E-state index is 0.356. The van der Waals surface area contributed by atoms with Crippen molar-refractivity contribution in [1.82, 2.24) is 0 Å². The van der Waals surface area contributed by atoms with Gasteiger partial charge in [0.2, 0.25) is 0 Å². The average Bonchev–Trinajstić information content (AvgIpc) is 2.16. The molecule has 0 aliphatic heterocycles. The lowest BCUT2D eigenvalue weighted by Crippen LogP contribution is -2.21. The zero-order valence-electron chi connectivity index (χ0n) is 7.53. The van der Waals surface area contributed by atoms with Gasteiger partial charge in [-0.3, -0.25) is 4.79 Å². The molecule has 76 valence electrons. The van der Waals surface area contributed by atoms with Crippen molar-refractivity contribution in [2.45, 2.75) is 6.10 Å². The van der Waals surface area contributed by atoms with Gasteiger partial charge in [-0.2, -0.15) is 0 Å². The number of methoxy groups -OCH3 is 1. The Bertz CT molecular complexity index is 354. The van der Waals surface area contributed by atoms with Crippen LogP contribution < -0.4 is 10.5 Å². The second kappa shape index (κ2) is 4.43. The number of carbonyl (C=O) groups is 1. The Morgan fingerprint density at radius 2 is 2.29 bits per heavy atom. The maximum atomic E-state index is 10.8. The first-order valence-electron chi connectivity index (χ1n) is 3.87. The molecule has 0 heterocycles. The fourth-order valence-corrected chi connectivity index (χ4v) is 1.45. The molecule has 1 atom stereocenters. The van der Waals surface area contributed by atoms with E-state index in [1.165, 1.54) is 7.11 Å². The lowest BCUT2D eigenvalue weighted by Gasteiger charge is -2.11. The van der Waals surface area contributed by atoms with Gasteiger partial charge in [-0.05, 0) is 18.2 Å². The molecule has 1 aromatic rings. The summed E-state index contributed by atoms with van der Waals surface area (Å²) in [7, 11) is 1.46. The third-order valence-electron chi connectivity index (χ3n) is 1.76. The summed E-state index contributed by atoms with van der Waals surface area (Å²) in [5.74, 6) is -0.374. The van der Waals surface area contributed by atoms with Crippen LogP contribution in [0.3, 0.4) is 0 Å². The normalized spacial score (nSPS) is 12.2. The maximum absolute atomic E-state index is 10.8. The quantitative estimate of drug-likeness (QED) is 0.850. The molecule has 0 aliphatic carbocycles. The van der Waals surface area contributed by atoms with Crippen LogP contribution in [0.4, 0.5) is 0 Å². The van der Waals surface area contributed by atoms with Gasteiger partial charge >= 0.3 is 0 Å². The molecule has 14 heavy (non-hydrogen) atoms. The van der Waals surface area contributed by atoms with Crippen molar-refractivity contribution in [3.63, 3.8) is 0 Å². The third kappa shape index (κ3) is 2.24. The van der Waals surface area contributed by atoms with Crippen LogP contribution in [0, 0.1) is 0 Å². The molecule has 0 radical (unpaired) electrons. The van der Waals surface area contributed by atoms with Gasteiger partial charge in [0.25, 0.3) is 5.91 Å². The monoisotopic (exact) mass is 259 g/mol. The Labute approximate surface area is 89.8 Å². The number of hydrogen-bond donors (Lipinski definition) is 2. The lowest BCUT2D eigenvalue weighted by molar-refractivity contribution is -0.126. The number of aliphatic hydroxyl groups is 1. The van der Waals surface area contributed by atoms with Crippen LogP contribution in [0.15, 0.2) is 22.7 Å². The Kier molecular flexibility index (Phi) is 3.49.